The van der Waals surface area contributed by atoms with Gasteiger partial charge >= 0.3 is 0 Å². The molecular formula is C25H18BrClN2O5. The molecule has 0 saturated carbocycles. The van der Waals surface area contributed by atoms with Gasteiger partial charge in [0.05, 0.1) is 12.1 Å². The van der Waals surface area contributed by atoms with Gasteiger partial charge in [-0.1, -0.05) is 33.6 Å². The van der Waals surface area contributed by atoms with Gasteiger partial charge in [-0.05, 0) is 65.7 Å². The van der Waals surface area contributed by atoms with E-state index in [0.29, 0.717) is 34.2 Å². The average Bonchev–Trinajstić information content (AvgIpc) is 3.31. The van der Waals surface area contributed by atoms with Crippen LogP contribution in [0.5, 0.6) is 23.0 Å². The molecule has 0 atom stereocenters. The summed E-state index contributed by atoms with van der Waals surface area (Å²) < 4.78 is 22.9. The number of halogens is 2. The van der Waals surface area contributed by atoms with Crippen molar-refractivity contribution in [1.82, 2.24) is 0 Å². The number of nitrogens with zero attached hydrogens (tertiary/aromatic N) is 1. The van der Waals surface area contributed by atoms with Crippen molar-refractivity contribution in [1.29, 1.82) is 5.26 Å². The smallest absolute Gasteiger partial charge is 0.266 e. The average molecular weight is 542 g/mol. The van der Waals surface area contributed by atoms with Gasteiger partial charge in [0.15, 0.2) is 23.0 Å². The molecule has 3 aromatic carbocycles. The first kappa shape index (κ1) is 23.5. The Morgan fingerprint density at radius 2 is 1.94 bits per heavy atom. The van der Waals surface area contributed by atoms with Gasteiger partial charge in [0.2, 0.25) is 6.79 Å². The number of anilines is 1. The number of carbonyl (C=O) groups is 1. The Kier molecular flexibility index (Phi) is 7.26. The van der Waals surface area contributed by atoms with Gasteiger partial charge in [0, 0.05) is 10.2 Å². The van der Waals surface area contributed by atoms with Crippen molar-refractivity contribution in [3.05, 3.63) is 80.8 Å². The van der Waals surface area contributed by atoms with Gasteiger partial charge in [-0.25, -0.2) is 0 Å². The lowest BCUT2D eigenvalue weighted by Crippen LogP contribution is -2.13. The Morgan fingerprint density at radius 3 is 2.68 bits per heavy atom. The monoisotopic (exact) mass is 540 g/mol. The van der Waals surface area contributed by atoms with E-state index >= 15 is 0 Å². The van der Waals surface area contributed by atoms with E-state index < -0.39 is 5.91 Å². The van der Waals surface area contributed by atoms with Crippen LogP contribution < -0.4 is 24.3 Å². The zero-order valence-electron chi connectivity index (χ0n) is 17.9. The molecule has 4 rings (SSSR count). The fourth-order valence-corrected chi connectivity index (χ4v) is 3.73. The van der Waals surface area contributed by atoms with Gasteiger partial charge in [-0.2, -0.15) is 5.26 Å². The highest BCUT2D eigenvalue weighted by Crippen LogP contribution is 2.38. The van der Waals surface area contributed by atoms with E-state index in [4.69, 9.17) is 30.5 Å². The van der Waals surface area contributed by atoms with E-state index in [9.17, 15) is 10.1 Å². The highest BCUT2D eigenvalue weighted by molar-refractivity contribution is 9.10. The van der Waals surface area contributed by atoms with Crippen molar-refractivity contribution in [2.75, 3.05) is 19.2 Å². The molecule has 9 heteroatoms. The van der Waals surface area contributed by atoms with Crippen LogP contribution in [0.15, 0.2) is 64.6 Å². The largest absolute Gasteiger partial charge is 0.493 e. The fraction of sp³-hybridized carbons (Fsp3) is 0.120. The van der Waals surface area contributed by atoms with E-state index in [0.717, 1.165) is 10.0 Å². The summed E-state index contributed by atoms with van der Waals surface area (Å²) in [6.45, 7) is 0.418. The molecule has 0 fully saturated rings. The number of benzene rings is 3. The van der Waals surface area contributed by atoms with Crippen LogP contribution in [-0.4, -0.2) is 19.8 Å². The second-order valence-electron chi connectivity index (χ2n) is 7.14. The zero-order valence-corrected chi connectivity index (χ0v) is 20.3. The van der Waals surface area contributed by atoms with Gasteiger partial charge in [-0.3, -0.25) is 4.79 Å². The quantitative estimate of drug-likeness (QED) is 0.293. The van der Waals surface area contributed by atoms with Gasteiger partial charge in [0.1, 0.15) is 18.2 Å². The molecule has 1 aliphatic rings. The van der Waals surface area contributed by atoms with Crippen LogP contribution in [0.4, 0.5) is 5.69 Å². The summed E-state index contributed by atoms with van der Waals surface area (Å²) >= 11 is 9.80. The third-order valence-corrected chi connectivity index (χ3v) is 5.66. The van der Waals surface area contributed by atoms with Gasteiger partial charge in [-0.15, -0.1) is 0 Å². The Hall–Kier alpha value is -3.67. The number of amides is 1. The van der Waals surface area contributed by atoms with Crippen molar-refractivity contribution < 1.29 is 23.7 Å². The predicted molar refractivity (Wildman–Crippen MR) is 131 cm³/mol. The Balaban J connectivity index is 1.51. The minimum atomic E-state index is -0.539. The molecule has 0 aliphatic carbocycles. The molecule has 0 saturated heterocycles. The van der Waals surface area contributed by atoms with Crippen LogP contribution in [0.2, 0.25) is 5.02 Å². The van der Waals surface area contributed by atoms with Crippen molar-refractivity contribution >= 4 is 45.2 Å². The number of rotatable bonds is 7. The SMILES string of the molecule is COc1cc(/C=C(/C#N)C(=O)Nc2ccc(Br)cc2)cc(Cl)c1OCc1ccc2c(c1)OCO2. The van der Waals surface area contributed by atoms with E-state index in [2.05, 4.69) is 21.2 Å². The molecule has 0 bridgehead atoms. The Bertz CT molecular complexity index is 1300. The second-order valence-corrected chi connectivity index (χ2v) is 8.46. The third-order valence-electron chi connectivity index (χ3n) is 4.85. The van der Waals surface area contributed by atoms with Crippen molar-refractivity contribution in [3.8, 4) is 29.1 Å². The molecule has 7 nitrogen and oxygen atoms in total. The molecule has 1 heterocycles. The molecule has 0 radical (unpaired) electrons. The van der Waals surface area contributed by atoms with Crippen LogP contribution in [0.1, 0.15) is 11.1 Å². The summed E-state index contributed by atoms with van der Waals surface area (Å²) in [6, 6.07) is 17.7. The number of ether oxygens (including phenoxy) is 4. The van der Waals surface area contributed by atoms with E-state index in [1.807, 2.05) is 24.3 Å². The minimum Gasteiger partial charge on any atom is -0.493 e. The Labute approximate surface area is 209 Å². The summed E-state index contributed by atoms with van der Waals surface area (Å²) in [5.41, 5.74) is 1.86. The lowest BCUT2D eigenvalue weighted by Gasteiger charge is -2.14. The first-order valence-electron chi connectivity index (χ1n) is 10.0. The lowest BCUT2D eigenvalue weighted by molar-refractivity contribution is -0.112. The number of methoxy groups -OCH3 is 1. The number of hydrogen-bond donors (Lipinski definition) is 1. The summed E-state index contributed by atoms with van der Waals surface area (Å²) in [7, 11) is 1.48. The molecule has 0 unspecified atom stereocenters. The maximum Gasteiger partial charge on any atom is 0.266 e. The number of carbonyl (C=O) groups excluding carboxylic acids is 1. The minimum absolute atomic E-state index is 0.0879. The molecule has 1 amide bonds. The number of hydrogen-bond acceptors (Lipinski definition) is 6. The number of nitriles is 1. The normalized spacial score (nSPS) is 12.1. The summed E-state index contributed by atoms with van der Waals surface area (Å²) in [4.78, 5) is 12.6. The van der Waals surface area contributed by atoms with Crippen LogP contribution >= 0.6 is 27.5 Å². The molecule has 34 heavy (non-hydrogen) atoms. The lowest BCUT2D eigenvalue weighted by atomic mass is 10.1. The fourth-order valence-electron chi connectivity index (χ4n) is 3.20. The number of fused-ring (bicyclic) bond motifs is 1. The van der Waals surface area contributed by atoms with Crippen LogP contribution in [0, 0.1) is 11.3 Å². The molecule has 0 aromatic heterocycles. The van der Waals surface area contributed by atoms with E-state index in [1.54, 1.807) is 36.4 Å². The topological polar surface area (TPSA) is 89.8 Å². The maximum atomic E-state index is 12.6. The molecule has 3 aromatic rings. The number of nitrogens with one attached hydrogen (secondary N) is 1. The Morgan fingerprint density at radius 1 is 1.18 bits per heavy atom. The van der Waals surface area contributed by atoms with Crippen molar-refractivity contribution in [2.45, 2.75) is 6.61 Å². The van der Waals surface area contributed by atoms with Crippen molar-refractivity contribution in [3.63, 3.8) is 0 Å². The zero-order chi connectivity index (χ0) is 24.1. The van der Waals surface area contributed by atoms with Crippen LogP contribution in [0.3, 0.4) is 0 Å². The molecule has 1 N–H and O–H groups in total. The maximum absolute atomic E-state index is 12.6. The summed E-state index contributed by atoms with van der Waals surface area (Å²) in [5, 5.41) is 12.5. The molecular weight excluding hydrogens is 524 g/mol. The second kappa shape index (κ2) is 10.5. The first-order valence-corrected chi connectivity index (χ1v) is 11.2. The highest BCUT2D eigenvalue weighted by atomic mass is 79.9. The summed E-state index contributed by atoms with van der Waals surface area (Å²) in [5.74, 6) is 1.52. The third kappa shape index (κ3) is 5.45. The first-order chi connectivity index (χ1) is 16.5. The standard InChI is InChI=1S/C25H18BrClN2O5/c1-31-23-11-16(8-17(12-28)25(30)29-19-5-3-18(26)4-6-19)9-20(27)24(23)32-13-15-2-7-21-22(10-15)34-14-33-21/h2-11H,13-14H2,1H3,(H,29,30)/b17-8-. The van der Waals surface area contributed by atoms with E-state index in [1.165, 1.54) is 13.2 Å². The van der Waals surface area contributed by atoms with Gasteiger partial charge < -0.3 is 24.3 Å². The summed E-state index contributed by atoms with van der Waals surface area (Å²) in [6.07, 6.45) is 1.43. The van der Waals surface area contributed by atoms with Crippen LogP contribution in [0.25, 0.3) is 6.08 Å². The van der Waals surface area contributed by atoms with E-state index in [-0.39, 0.29) is 24.0 Å². The highest BCUT2D eigenvalue weighted by Gasteiger charge is 2.16. The predicted octanol–water partition coefficient (Wildman–Crippen LogP) is 5.96. The molecule has 1 aliphatic heterocycles. The van der Waals surface area contributed by atoms with Crippen LogP contribution in [-0.2, 0) is 11.4 Å². The molecule has 0 spiro atoms. The van der Waals surface area contributed by atoms with Crippen molar-refractivity contribution in [2.24, 2.45) is 0 Å². The molecule has 172 valence electrons. The van der Waals surface area contributed by atoms with Gasteiger partial charge in [0.25, 0.3) is 5.91 Å².